The summed E-state index contributed by atoms with van der Waals surface area (Å²) in [6.07, 6.45) is 0.913. The molecule has 0 aliphatic rings. The Kier molecular flexibility index (Phi) is 10.6. The fraction of sp³-hybridized carbons (Fsp3) is 0.875. The van der Waals surface area contributed by atoms with E-state index in [1.54, 1.807) is 27.7 Å². The van der Waals surface area contributed by atoms with Crippen LogP contribution in [0.4, 0.5) is 4.79 Å². The smallest absolute Gasteiger partial charge is 0.408 e. The van der Waals surface area contributed by atoms with Crippen LogP contribution in [0.25, 0.3) is 0 Å². The summed E-state index contributed by atoms with van der Waals surface area (Å²) in [4.78, 5) is 22.9. The van der Waals surface area contributed by atoms with Gasteiger partial charge in [0, 0.05) is 12.8 Å². The molecule has 0 spiro atoms. The minimum absolute atomic E-state index is 0.158. The Balaban J connectivity index is 3.91. The number of nitrogens with one attached hydrogen (secondary N) is 1. The third-order valence-corrected chi connectivity index (χ3v) is 2.72. The van der Waals surface area contributed by atoms with Crippen LogP contribution in [0.2, 0.25) is 0 Å². The Labute approximate surface area is 138 Å². The van der Waals surface area contributed by atoms with Crippen LogP contribution in [0, 0.1) is 0 Å². The highest BCUT2D eigenvalue weighted by atomic mass is 16.6. The zero-order valence-electron chi connectivity index (χ0n) is 14.9. The topological polar surface area (TPSA) is 94.1 Å². The Hall–Kier alpha value is -1.34. The Morgan fingerprint density at radius 2 is 1.91 bits per heavy atom. The lowest BCUT2D eigenvalue weighted by Gasteiger charge is -2.23. The number of carbonyl (C=O) groups excluding carboxylic acids is 2. The lowest BCUT2D eigenvalue weighted by Crippen LogP contribution is -2.43. The summed E-state index contributed by atoms with van der Waals surface area (Å²) < 4.78 is 15.7. The second kappa shape index (κ2) is 11.2. The molecule has 0 rings (SSSR count). The van der Waals surface area contributed by atoms with Gasteiger partial charge in [0.05, 0.1) is 25.9 Å². The molecule has 0 heterocycles. The van der Waals surface area contributed by atoms with Gasteiger partial charge in [-0.1, -0.05) is 6.92 Å². The molecule has 0 bridgehead atoms. The molecule has 0 radical (unpaired) electrons. The molecule has 0 aliphatic carbocycles. The first kappa shape index (κ1) is 21.7. The van der Waals surface area contributed by atoms with Gasteiger partial charge in [0.1, 0.15) is 11.7 Å². The maximum Gasteiger partial charge on any atom is 0.408 e. The predicted molar refractivity (Wildman–Crippen MR) is 86.1 cm³/mol. The van der Waals surface area contributed by atoms with E-state index in [0.29, 0.717) is 19.4 Å². The molecule has 0 saturated heterocycles. The first-order valence-corrected chi connectivity index (χ1v) is 8.05. The molecule has 0 fully saturated rings. The molecule has 136 valence electrons. The van der Waals surface area contributed by atoms with Gasteiger partial charge in [-0.05, 0) is 34.1 Å². The van der Waals surface area contributed by atoms with Crippen molar-refractivity contribution < 1.29 is 28.9 Å². The molecule has 0 saturated carbocycles. The summed E-state index contributed by atoms with van der Waals surface area (Å²) in [6, 6.07) is -0.539. The van der Waals surface area contributed by atoms with E-state index in [-0.39, 0.29) is 25.3 Å². The van der Waals surface area contributed by atoms with Gasteiger partial charge in [0.15, 0.2) is 0 Å². The first-order chi connectivity index (χ1) is 10.7. The Morgan fingerprint density at radius 3 is 2.43 bits per heavy atom. The minimum Gasteiger partial charge on any atom is -0.463 e. The number of ether oxygens (including phenoxy) is 3. The first-order valence-electron chi connectivity index (χ1n) is 8.05. The van der Waals surface area contributed by atoms with E-state index in [1.165, 1.54) is 0 Å². The van der Waals surface area contributed by atoms with Crippen molar-refractivity contribution in [3.63, 3.8) is 0 Å². The van der Waals surface area contributed by atoms with Crippen molar-refractivity contribution in [1.29, 1.82) is 0 Å². The molecule has 0 aromatic carbocycles. The molecule has 23 heavy (non-hydrogen) atoms. The number of aliphatic hydroxyl groups excluding tert-OH is 1. The quantitative estimate of drug-likeness (QED) is 0.469. The number of carbonyl (C=O) groups is 2. The van der Waals surface area contributed by atoms with Crippen molar-refractivity contribution in [3.8, 4) is 0 Å². The van der Waals surface area contributed by atoms with Crippen LogP contribution in [-0.4, -0.2) is 54.7 Å². The largest absolute Gasteiger partial charge is 0.463 e. The maximum absolute atomic E-state index is 11.6. The van der Waals surface area contributed by atoms with Crippen LogP contribution in [0.15, 0.2) is 0 Å². The fourth-order valence-electron chi connectivity index (χ4n) is 1.64. The van der Waals surface area contributed by atoms with Crippen LogP contribution in [0.1, 0.15) is 53.9 Å². The van der Waals surface area contributed by atoms with Crippen LogP contribution in [0.3, 0.4) is 0 Å². The SMILES string of the molecule is CCCC(=O)O[C@H](C)CCOC[C@H](CO)NC(=O)OC(C)(C)C. The van der Waals surface area contributed by atoms with E-state index in [0.717, 1.165) is 6.42 Å². The molecule has 2 N–H and O–H groups in total. The van der Waals surface area contributed by atoms with Gasteiger partial charge in [-0.25, -0.2) is 4.79 Å². The molecule has 0 aliphatic heterocycles. The van der Waals surface area contributed by atoms with E-state index in [9.17, 15) is 14.7 Å². The van der Waals surface area contributed by atoms with Crippen molar-refractivity contribution in [1.82, 2.24) is 5.32 Å². The van der Waals surface area contributed by atoms with E-state index < -0.39 is 17.7 Å². The third-order valence-electron chi connectivity index (χ3n) is 2.72. The number of esters is 1. The Morgan fingerprint density at radius 1 is 1.26 bits per heavy atom. The zero-order valence-corrected chi connectivity index (χ0v) is 14.9. The van der Waals surface area contributed by atoms with Gasteiger partial charge in [-0.3, -0.25) is 4.79 Å². The van der Waals surface area contributed by atoms with E-state index in [4.69, 9.17) is 14.2 Å². The van der Waals surface area contributed by atoms with Gasteiger partial charge in [-0.15, -0.1) is 0 Å². The average Bonchev–Trinajstić information content (AvgIpc) is 2.40. The summed E-state index contributed by atoms with van der Waals surface area (Å²) in [5.41, 5.74) is -0.595. The van der Waals surface area contributed by atoms with Crippen LogP contribution in [0.5, 0.6) is 0 Å². The number of alkyl carbamates (subject to hydrolysis) is 1. The second-order valence-electron chi connectivity index (χ2n) is 6.44. The number of amides is 1. The fourth-order valence-corrected chi connectivity index (χ4v) is 1.64. The second-order valence-corrected chi connectivity index (χ2v) is 6.44. The number of hydrogen-bond donors (Lipinski definition) is 2. The highest BCUT2D eigenvalue weighted by Crippen LogP contribution is 2.07. The molecule has 7 heteroatoms. The van der Waals surface area contributed by atoms with Crippen LogP contribution >= 0.6 is 0 Å². The van der Waals surface area contributed by atoms with E-state index in [2.05, 4.69) is 5.32 Å². The van der Waals surface area contributed by atoms with Gasteiger partial charge < -0.3 is 24.6 Å². The molecule has 7 nitrogen and oxygen atoms in total. The minimum atomic E-state index is -0.595. The van der Waals surface area contributed by atoms with Crippen molar-refractivity contribution in [2.75, 3.05) is 19.8 Å². The normalized spacial score (nSPS) is 14.0. The van der Waals surface area contributed by atoms with Gasteiger partial charge in [-0.2, -0.15) is 0 Å². The standard InChI is InChI=1S/C16H31NO6/c1-6-7-14(19)22-12(2)8-9-21-11-13(10-18)17-15(20)23-16(3,4)5/h12-13,18H,6-11H2,1-5H3,(H,17,20)/t12-,13+/m1/s1. The van der Waals surface area contributed by atoms with Crippen molar-refractivity contribution in [2.45, 2.75) is 71.6 Å². The molecular weight excluding hydrogens is 302 g/mol. The monoisotopic (exact) mass is 333 g/mol. The summed E-state index contributed by atoms with van der Waals surface area (Å²) in [7, 11) is 0. The van der Waals surface area contributed by atoms with Crippen LogP contribution in [-0.2, 0) is 19.0 Å². The molecule has 0 aromatic rings. The molecule has 1 amide bonds. The average molecular weight is 333 g/mol. The van der Waals surface area contributed by atoms with Crippen molar-refractivity contribution in [3.05, 3.63) is 0 Å². The summed E-state index contributed by atoms with van der Waals surface area (Å²) >= 11 is 0. The summed E-state index contributed by atoms with van der Waals surface area (Å²) in [5.74, 6) is -0.208. The van der Waals surface area contributed by atoms with Gasteiger partial charge in [0.25, 0.3) is 0 Å². The maximum atomic E-state index is 11.6. The van der Waals surface area contributed by atoms with Gasteiger partial charge in [0.2, 0.25) is 0 Å². The Bertz CT molecular complexity index is 353. The number of rotatable bonds is 10. The number of aliphatic hydroxyl groups is 1. The van der Waals surface area contributed by atoms with Crippen molar-refractivity contribution in [2.24, 2.45) is 0 Å². The van der Waals surface area contributed by atoms with Crippen LogP contribution < -0.4 is 5.32 Å². The highest BCUT2D eigenvalue weighted by Gasteiger charge is 2.19. The van der Waals surface area contributed by atoms with Gasteiger partial charge >= 0.3 is 12.1 Å². The zero-order chi connectivity index (χ0) is 17.9. The molecular formula is C16H31NO6. The molecule has 0 aromatic heterocycles. The third kappa shape index (κ3) is 12.9. The predicted octanol–water partition coefficient (Wildman–Crippen LogP) is 2.01. The summed E-state index contributed by atoms with van der Waals surface area (Å²) in [6.45, 7) is 9.29. The van der Waals surface area contributed by atoms with E-state index >= 15 is 0 Å². The highest BCUT2D eigenvalue weighted by molar-refractivity contribution is 5.69. The van der Waals surface area contributed by atoms with E-state index in [1.807, 2.05) is 6.92 Å². The number of hydrogen-bond acceptors (Lipinski definition) is 6. The summed E-state index contributed by atoms with van der Waals surface area (Å²) in [5, 5.41) is 11.8. The molecule has 2 atom stereocenters. The lowest BCUT2D eigenvalue weighted by molar-refractivity contribution is -0.149. The lowest BCUT2D eigenvalue weighted by atomic mass is 10.2. The van der Waals surface area contributed by atoms with Crippen molar-refractivity contribution >= 4 is 12.1 Å². The molecule has 0 unspecified atom stereocenters.